The molecule has 2 heterocycles. The Balaban J connectivity index is 2.37. The van der Waals surface area contributed by atoms with Crippen molar-refractivity contribution in [1.29, 1.82) is 0 Å². The first-order valence-corrected chi connectivity index (χ1v) is 7.13. The molecule has 0 saturated heterocycles. The monoisotopic (exact) mass is 293 g/mol. The van der Waals surface area contributed by atoms with E-state index in [4.69, 9.17) is 21.9 Å². The summed E-state index contributed by atoms with van der Waals surface area (Å²) in [5.41, 5.74) is 5.95. The molecule has 0 spiro atoms. The second-order valence-corrected chi connectivity index (χ2v) is 6.14. The van der Waals surface area contributed by atoms with E-state index >= 15 is 0 Å². The van der Waals surface area contributed by atoms with Crippen molar-refractivity contribution in [3.05, 3.63) is 22.2 Å². The van der Waals surface area contributed by atoms with Gasteiger partial charge in [0.25, 0.3) is 15.9 Å². The Morgan fingerprint density at radius 1 is 1.59 bits per heavy atom. The van der Waals surface area contributed by atoms with Gasteiger partial charge in [-0.2, -0.15) is 0 Å². The van der Waals surface area contributed by atoms with E-state index in [1.165, 1.54) is 6.07 Å². The van der Waals surface area contributed by atoms with Gasteiger partial charge in [0.2, 0.25) is 0 Å². The second-order valence-electron chi connectivity index (χ2n) is 3.17. The maximum atomic E-state index is 11.9. The highest BCUT2D eigenvalue weighted by atomic mass is 35.5. The summed E-state index contributed by atoms with van der Waals surface area (Å²) < 4.78 is 30.8. The van der Waals surface area contributed by atoms with E-state index in [0.717, 1.165) is 11.3 Å². The molecule has 0 atom stereocenters. The van der Waals surface area contributed by atoms with E-state index in [1.54, 1.807) is 12.3 Å². The van der Waals surface area contributed by atoms with Crippen LogP contribution in [0.2, 0.25) is 5.02 Å². The Bertz CT molecular complexity index is 647. The zero-order valence-electron chi connectivity index (χ0n) is 8.60. The molecule has 0 radical (unpaired) electrons. The average molecular weight is 294 g/mol. The van der Waals surface area contributed by atoms with Gasteiger partial charge in [-0.25, -0.2) is 13.1 Å². The van der Waals surface area contributed by atoms with Gasteiger partial charge < -0.3 is 10.3 Å². The Kier molecular flexibility index (Phi) is 3.02. The second kappa shape index (κ2) is 4.21. The van der Waals surface area contributed by atoms with E-state index in [2.05, 4.69) is 9.88 Å². The van der Waals surface area contributed by atoms with E-state index in [9.17, 15) is 8.42 Å². The lowest BCUT2D eigenvalue weighted by Crippen LogP contribution is -2.13. The van der Waals surface area contributed by atoms with E-state index in [-0.39, 0.29) is 20.8 Å². The van der Waals surface area contributed by atoms with Crippen molar-refractivity contribution in [2.45, 2.75) is 11.8 Å². The molecule has 0 aliphatic heterocycles. The molecule has 3 N–H and O–H groups in total. The van der Waals surface area contributed by atoms with Crippen LogP contribution < -0.4 is 10.5 Å². The lowest BCUT2D eigenvalue weighted by atomic mass is 10.5. The largest absolute Gasteiger partial charge is 0.389 e. The summed E-state index contributed by atoms with van der Waals surface area (Å²) >= 11 is 6.93. The minimum atomic E-state index is -3.79. The number of hydrogen-bond donors (Lipinski definition) is 2. The van der Waals surface area contributed by atoms with Crippen molar-refractivity contribution in [2.24, 2.45) is 0 Å². The summed E-state index contributed by atoms with van der Waals surface area (Å²) in [5.74, 6) is -0.116. The molecule has 0 aliphatic carbocycles. The minimum Gasteiger partial charge on any atom is -0.389 e. The van der Waals surface area contributed by atoms with Gasteiger partial charge in [-0.3, -0.25) is 0 Å². The van der Waals surface area contributed by atoms with Crippen LogP contribution in [0.15, 0.2) is 20.9 Å². The molecule has 92 valence electrons. The van der Waals surface area contributed by atoms with Crippen molar-refractivity contribution in [3.8, 4) is 0 Å². The predicted octanol–water partition coefficient (Wildman–Crippen LogP) is 2.08. The van der Waals surface area contributed by atoms with Crippen LogP contribution >= 0.6 is 22.9 Å². The molecule has 2 aromatic heterocycles. The average Bonchev–Trinajstić information content (AvgIpc) is 2.80. The van der Waals surface area contributed by atoms with Crippen LogP contribution in [0.4, 0.5) is 10.9 Å². The molecule has 2 rings (SSSR count). The predicted molar refractivity (Wildman–Crippen MR) is 65.8 cm³/mol. The van der Waals surface area contributed by atoms with Crippen LogP contribution in [0, 0.1) is 6.92 Å². The first-order chi connectivity index (χ1) is 7.92. The normalized spacial score (nSPS) is 11.6. The number of nitrogens with two attached hydrogens (primary N) is 1. The number of halogens is 1. The standard InChI is InChI=1S/C8H8ClN3O3S2/c1-4-6(9)8(15-11-4)12-17(13,14)5-2-3-16-7(5)10/h2-3,12H,10H2,1H3. The van der Waals surface area contributed by atoms with Gasteiger partial charge in [-0.05, 0) is 18.4 Å². The van der Waals surface area contributed by atoms with Gasteiger partial charge in [-0.1, -0.05) is 16.8 Å². The van der Waals surface area contributed by atoms with Crippen LogP contribution in [0.3, 0.4) is 0 Å². The number of nitrogens with one attached hydrogen (secondary N) is 1. The topological polar surface area (TPSA) is 98.2 Å². The molecule has 0 unspecified atom stereocenters. The molecule has 9 heteroatoms. The highest BCUT2D eigenvalue weighted by Gasteiger charge is 2.22. The number of anilines is 2. The number of sulfonamides is 1. The summed E-state index contributed by atoms with van der Waals surface area (Å²) in [4.78, 5) is -0.00683. The third kappa shape index (κ3) is 2.24. The molecule has 0 aliphatic rings. The Morgan fingerprint density at radius 2 is 2.29 bits per heavy atom. The fraction of sp³-hybridized carbons (Fsp3) is 0.125. The zero-order chi connectivity index (χ0) is 12.6. The minimum absolute atomic E-state index is 0.00683. The van der Waals surface area contributed by atoms with Crippen molar-refractivity contribution in [1.82, 2.24) is 5.16 Å². The van der Waals surface area contributed by atoms with Crippen molar-refractivity contribution in [2.75, 3.05) is 10.5 Å². The summed E-state index contributed by atoms with van der Waals surface area (Å²) in [7, 11) is -3.79. The number of hydrogen-bond acceptors (Lipinski definition) is 6. The van der Waals surface area contributed by atoms with Gasteiger partial charge in [0.1, 0.15) is 20.6 Å². The molecule has 0 amide bonds. The van der Waals surface area contributed by atoms with Gasteiger partial charge in [-0.15, -0.1) is 11.3 Å². The Labute approximate surface area is 106 Å². The summed E-state index contributed by atoms with van der Waals surface area (Å²) in [6, 6.07) is 1.40. The van der Waals surface area contributed by atoms with E-state index in [1.807, 2.05) is 0 Å². The molecule has 0 saturated carbocycles. The van der Waals surface area contributed by atoms with Crippen LogP contribution in [0.25, 0.3) is 0 Å². The van der Waals surface area contributed by atoms with Gasteiger partial charge in [0.05, 0.1) is 0 Å². The number of rotatable bonds is 3. The number of nitrogens with zero attached hydrogens (tertiary/aromatic N) is 1. The van der Waals surface area contributed by atoms with Crippen LogP contribution in [-0.4, -0.2) is 13.6 Å². The highest BCUT2D eigenvalue weighted by Crippen LogP contribution is 2.30. The first kappa shape index (κ1) is 12.2. The molecule has 0 bridgehead atoms. The molecule has 0 aromatic carbocycles. The maximum absolute atomic E-state index is 11.9. The van der Waals surface area contributed by atoms with E-state index in [0.29, 0.717) is 5.69 Å². The lowest BCUT2D eigenvalue weighted by Gasteiger charge is -2.03. The van der Waals surface area contributed by atoms with Crippen molar-refractivity contribution >= 4 is 43.8 Å². The number of aromatic nitrogens is 1. The first-order valence-electron chi connectivity index (χ1n) is 4.39. The third-order valence-corrected chi connectivity index (χ3v) is 4.67. The maximum Gasteiger partial charge on any atom is 0.267 e. The molecule has 6 nitrogen and oxygen atoms in total. The molecule has 2 aromatic rings. The molecular weight excluding hydrogens is 286 g/mol. The Hall–Kier alpha value is -1.25. The van der Waals surface area contributed by atoms with E-state index < -0.39 is 10.0 Å². The van der Waals surface area contributed by atoms with Crippen molar-refractivity contribution in [3.63, 3.8) is 0 Å². The summed E-state index contributed by atoms with van der Waals surface area (Å²) in [5, 5.41) is 5.45. The lowest BCUT2D eigenvalue weighted by molar-refractivity contribution is 0.430. The fourth-order valence-electron chi connectivity index (χ4n) is 1.13. The van der Waals surface area contributed by atoms with Gasteiger partial charge >= 0.3 is 0 Å². The summed E-state index contributed by atoms with van der Waals surface area (Å²) in [6.07, 6.45) is 0. The quantitative estimate of drug-likeness (QED) is 0.903. The fourth-order valence-corrected chi connectivity index (χ4v) is 3.40. The van der Waals surface area contributed by atoms with Crippen LogP contribution in [0.1, 0.15) is 5.69 Å². The zero-order valence-corrected chi connectivity index (χ0v) is 11.0. The van der Waals surface area contributed by atoms with Gasteiger partial charge in [0, 0.05) is 0 Å². The van der Waals surface area contributed by atoms with Crippen LogP contribution in [0.5, 0.6) is 0 Å². The third-order valence-electron chi connectivity index (χ3n) is 1.96. The van der Waals surface area contributed by atoms with Crippen molar-refractivity contribution < 1.29 is 12.9 Å². The van der Waals surface area contributed by atoms with Crippen LogP contribution in [-0.2, 0) is 10.0 Å². The smallest absolute Gasteiger partial charge is 0.267 e. The number of nitrogen functional groups attached to an aromatic ring is 1. The summed E-state index contributed by atoms with van der Waals surface area (Å²) in [6.45, 7) is 1.60. The SMILES string of the molecule is Cc1noc(NS(=O)(=O)c2ccsc2N)c1Cl. The number of aryl methyl sites for hydroxylation is 1. The molecular formula is C8H8ClN3O3S2. The number of thiophene rings is 1. The molecule has 0 fully saturated rings. The Morgan fingerprint density at radius 3 is 2.76 bits per heavy atom. The molecule has 17 heavy (non-hydrogen) atoms. The highest BCUT2D eigenvalue weighted by molar-refractivity contribution is 7.93. The van der Waals surface area contributed by atoms with Gasteiger partial charge in [0.15, 0.2) is 0 Å².